The van der Waals surface area contributed by atoms with E-state index in [-0.39, 0.29) is 0 Å². The molecule has 2 rings (SSSR count). The lowest BCUT2D eigenvalue weighted by Gasteiger charge is -2.29. The topological polar surface area (TPSA) is 29.3 Å². The van der Waals surface area contributed by atoms with Crippen LogP contribution < -0.4 is 10.6 Å². The van der Waals surface area contributed by atoms with Gasteiger partial charge in [0.25, 0.3) is 0 Å². The highest BCUT2D eigenvalue weighted by Crippen LogP contribution is 2.42. The molecule has 1 fully saturated rings. The summed E-state index contributed by atoms with van der Waals surface area (Å²) < 4.78 is 0. The minimum Gasteiger partial charge on any atom is -0.397 e. The largest absolute Gasteiger partial charge is 0.397 e. The van der Waals surface area contributed by atoms with E-state index >= 15 is 0 Å². The van der Waals surface area contributed by atoms with Gasteiger partial charge in [-0.15, -0.1) is 0 Å². The van der Waals surface area contributed by atoms with Crippen molar-refractivity contribution in [3.63, 3.8) is 0 Å². The quantitative estimate of drug-likeness (QED) is 0.774. The van der Waals surface area contributed by atoms with Crippen LogP contribution >= 0.6 is 0 Å². The SMILES string of the molecule is CC(C)CN(CC(C)C)c1ccc(C2CC2)cc1N. The summed E-state index contributed by atoms with van der Waals surface area (Å²) in [5.74, 6) is 2.09. The Kier molecular flexibility index (Phi) is 4.38. The number of benzene rings is 1. The average Bonchev–Trinajstić information content (AvgIpc) is 3.10. The lowest BCUT2D eigenvalue weighted by molar-refractivity contribution is 0.553. The molecule has 0 amide bonds. The molecule has 2 nitrogen and oxygen atoms in total. The molecule has 19 heavy (non-hydrogen) atoms. The summed E-state index contributed by atoms with van der Waals surface area (Å²) in [7, 11) is 0. The molecule has 0 bridgehead atoms. The second kappa shape index (κ2) is 5.85. The maximum absolute atomic E-state index is 6.30. The number of hydrogen-bond acceptors (Lipinski definition) is 2. The summed E-state index contributed by atoms with van der Waals surface area (Å²) in [5, 5.41) is 0. The highest BCUT2D eigenvalue weighted by molar-refractivity contribution is 5.69. The van der Waals surface area contributed by atoms with E-state index < -0.39 is 0 Å². The third-order valence-electron chi connectivity index (χ3n) is 3.61. The van der Waals surface area contributed by atoms with E-state index in [2.05, 4.69) is 50.8 Å². The summed E-state index contributed by atoms with van der Waals surface area (Å²) in [6, 6.07) is 6.70. The van der Waals surface area contributed by atoms with Crippen molar-refractivity contribution in [1.29, 1.82) is 0 Å². The first-order chi connectivity index (χ1) is 8.97. The van der Waals surface area contributed by atoms with Gasteiger partial charge >= 0.3 is 0 Å². The predicted octanol–water partition coefficient (Wildman–Crippen LogP) is 4.26. The number of rotatable bonds is 6. The maximum Gasteiger partial charge on any atom is 0.0600 e. The molecule has 0 heterocycles. The van der Waals surface area contributed by atoms with Gasteiger partial charge in [0.2, 0.25) is 0 Å². The monoisotopic (exact) mass is 260 g/mol. The molecular weight excluding hydrogens is 232 g/mol. The fourth-order valence-corrected chi connectivity index (χ4v) is 2.68. The highest BCUT2D eigenvalue weighted by atomic mass is 15.1. The van der Waals surface area contributed by atoms with Gasteiger partial charge in [0.1, 0.15) is 0 Å². The van der Waals surface area contributed by atoms with Crippen LogP contribution in [0.3, 0.4) is 0 Å². The molecular formula is C17H28N2. The molecule has 0 aliphatic heterocycles. The van der Waals surface area contributed by atoms with Crippen molar-refractivity contribution >= 4 is 11.4 Å². The number of nitrogen functional groups attached to an aromatic ring is 1. The minimum absolute atomic E-state index is 0.654. The fourth-order valence-electron chi connectivity index (χ4n) is 2.68. The first kappa shape index (κ1) is 14.2. The van der Waals surface area contributed by atoms with Gasteiger partial charge in [-0.3, -0.25) is 0 Å². The first-order valence-electron chi connectivity index (χ1n) is 7.61. The van der Waals surface area contributed by atoms with Crippen molar-refractivity contribution in [3.8, 4) is 0 Å². The van der Waals surface area contributed by atoms with Gasteiger partial charge in [-0.1, -0.05) is 33.8 Å². The molecule has 0 unspecified atom stereocenters. The Hall–Kier alpha value is -1.18. The zero-order valence-electron chi connectivity index (χ0n) is 12.8. The average molecular weight is 260 g/mol. The Labute approximate surface area is 118 Å². The number of nitrogens with two attached hydrogens (primary N) is 1. The molecule has 2 N–H and O–H groups in total. The van der Waals surface area contributed by atoms with Gasteiger partial charge in [-0.2, -0.15) is 0 Å². The van der Waals surface area contributed by atoms with Gasteiger partial charge in [-0.25, -0.2) is 0 Å². The minimum atomic E-state index is 0.654. The summed E-state index contributed by atoms with van der Waals surface area (Å²) in [6.45, 7) is 11.2. The van der Waals surface area contributed by atoms with Crippen LogP contribution in [0, 0.1) is 11.8 Å². The van der Waals surface area contributed by atoms with E-state index in [1.54, 1.807) is 0 Å². The molecule has 1 saturated carbocycles. The number of nitrogens with zero attached hydrogens (tertiary/aromatic N) is 1. The first-order valence-corrected chi connectivity index (χ1v) is 7.61. The molecule has 0 aromatic heterocycles. The zero-order chi connectivity index (χ0) is 14.0. The second-order valence-electron chi connectivity index (χ2n) is 6.79. The van der Waals surface area contributed by atoms with E-state index in [0.717, 1.165) is 24.7 Å². The van der Waals surface area contributed by atoms with Crippen molar-refractivity contribution in [1.82, 2.24) is 0 Å². The van der Waals surface area contributed by atoms with Crippen molar-refractivity contribution in [2.75, 3.05) is 23.7 Å². The van der Waals surface area contributed by atoms with Crippen LogP contribution in [0.4, 0.5) is 11.4 Å². The van der Waals surface area contributed by atoms with Gasteiger partial charge in [0.15, 0.2) is 0 Å². The smallest absolute Gasteiger partial charge is 0.0600 e. The van der Waals surface area contributed by atoms with Crippen LogP contribution in [0.25, 0.3) is 0 Å². The Morgan fingerprint density at radius 1 is 1.11 bits per heavy atom. The van der Waals surface area contributed by atoms with Gasteiger partial charge in [0, 0.05) is 13.1 Å². The van der Waals surface area contributed by atoms with Crippen LogP contribution in [-0.2, 0) is 0 Å². The molecule has 1 aliphatic carbocycles. The van der Waals surface area contributed by atoms with E-state index in [9.17, 15) is 0 Å². The molecule has 0 saturated heterocycles. The van der Waals surface area contributed by atoms with Crippen molar-refractivity contribution < 1.29 is 0 Å². The van der Waals surface area contributed by atoms with Crippen LogP contribution in [0.15, 0.2) is 18.2 Å². The van der Waals surface area contributed by atoms with E-state index in [1.165, 1.54) is 24.1 Å². The maximum atomic E-state index is 6.30. The van der Waals surface area contributed by atoms with Crippen LogP contribution in [0.1, 0.15) is 52.0 Å². The lowest BCUT2D eigenvalue weighted by Crippen LogP contribution is -2.31. The highest BCUT2D eigenvalue weighted by Gasteiger charge is 2.24. The third kappa shape index (κ3) is 3.89. The molecule has 0 radical (unpaired) electrons. The normalized spacial score (nSPS) is 15.3. The van der Waals surface area contributed by atoms with Crippen molar-refractivity contribution in [3.05, 3.63) is 23.8 Å². The molecule has 1 aromatic carbocycles. The third-order valence-corrected chi connectivity index (χ3v) is 3.61. The van der Waals surface area contributed by atoms with Crippen LogP contribution in [0.2, 0.25) is 0 Å². The molecule has 0 atom stereocenters. The zero-order valence-corrected chi connectivity index (χ0v) is 12.8. The van der Waals surface area contributed by atoms with Gasteiger partial charge in [0.05, 0.1) is 11.4 Å². The molecule has 106 valence electrons. The molecule has 0 spiro atoms. The predicted molar refractivity (Wildman–Crippen MR) is 84.7 cm³/mol. The molecule has 1 aliphatic rings. The van der Waals surface area contributed by atoms with Gasteiger partial charge in [-0.05, 0) is 48.3 Å². The Bertz CT molecular complexity index is 409. The van der Waals surface area contributed by atoms with Gasteiger partial charge < -0.3 is 10.6 Å². The standard InChI is InChI=1S/C17H28N2/c1-12(2)10-19(11-13(3)4)17-8-7-15(9-16(17)18)14-5-6-14/h7-9,12-14H,5-6,10-11,18H2,1-4H3. The fraction of sp³-hybridized carbons (Fsp3) is 0.647. The summed E-state index contributed by atoms with van der Waals surface area (Å²) in [4.78, 5) is 2.45. The Morgan fingerprint density at radius 2 is 1.68 bits per heavy atom. The van der Waals surface area contributed by atoms with E-state index in [4.69, 9.17) is 5.73 Å². The number of anilines is 2. The Balaban J connectivity index is 2.19. The molecule has 1 aromatic rings. The Morgan fingerprint density at radius 3 is 2.11 bits per heavy atom. The van der Waals surface area contributed by atoms with Crippen molar-refractivity contribution in [2.24, 2.45) is 11.8 Å². The number of hydrogen-bond donors (Lipinski definition) is 1. The summed E-state index contributed by atoms with van der Waals surface area (Å²) in [6.07, 6.45) is 2.67. The van der Waals surface area contributed by atoms with Crippen LogP contribution in [0.5, 0.6) is 0 Å². The van der Waals surface area contributed by atoms with Crippen LogP contribution in [-0.4, -0.2) is 13.1 Å². The van der Waals surface area contributed by atoms with E-state index in [1.807, 2.05) is 0 Å². The summed E-state index contributed by atoms with van der Waals surface area (Å²) >= 11 is 0. The lowest BCUT2D eigenvalue weighted by atomic mass is 10.1. The molecule has 2 heteroatoms. The second-order valence-corrected chi connectivity index (χ2v) is 6.79. The van der Waals surface area contributed by atoms with E-state index in [0.29, 0.717) is 11.8 Å². The summed E-state index contributed by atoms with van der Waals surface area (Å²) in [5.41, 5.74) is 9.89. The van der Waals surface area contributed by atoms with Crippen molar-refractivity contribution in [2.45, 2.75) is 46.5 Å².